The minimum Gasteiger partial charge on any atom is -0.103 e. The number of rotatable bonds is 8. The van der Waals surface area contributed by atoms with Gasteiger partial charge >= 0.3 is 0 Å². The molecule has 0 rings (SSSR count). The Morgan fingerprint density at radius 3 is 2.21 bits per heavy atom. The predicted octanol–water partition coefficient (Wildman–Crippen LogP) is 6.17. The molecule has 0 saturated carbocycles. The van der Waals surface area contributed by atoms with Gasteiger partial charge in [-0.05, 0) is 44.8 Å². The van der Waals surface area contributed by atoms with Crippen LogP contribution in [0.1, 0.15) is 40.5 Å². The van der Waals surface area contributed by atoms with Gasteiger partial charge < -0.3 is 0 Å². The molecule has 0 N–H and O–H groups in total. The zero-order valence-corrected chi connectivity index (χ0v) is 12.9. The van der Waals surface area contributed by atoms with Crippen molar-refractivity contribution in [1.82, 2.24) is 0 Å². The molecule has 0 bridgehead atoms. The molecule has 0 nitrogen and oxygen atoms in total. The average Bonchev–Trinajstić information content (AvgIpc) is 2.42. The van der Waals surface area contributed by atoms with Gasteiger partial charge in [-0.25, -0.2) is 0 Å². The topological polar surface area (TPSA) is 0 Å². The van der Waals surface area contributed by atoms with Crippen LogP contribution in [0, 0.1) is 5.41 Å². The molecule has 0 aliphatic heterocycles. The molecule has 0 aliphatic rings. The lowest BCUT2D eigenvalue weighted by Crippen LogP contribution is -2.18. The van der Waals surface area contributed by atoms with E-state index in [0.29, 0.717) is 0 Å². The van der Waals surface area contributed by atoms with Crippen molar-refractivity contribution >= 4 is 0 Å². The highest BCUT2D eigenvalue weighted by Crippen LogP contribution is 2.38. The summed E-state index contributed by atoms with van der Waals surface area (Å²) < 4.78 is 0. The number of hydrogen-bond donors (Lipinski definition) is 0. The molecule has 19 heavy (non-hydrogen) atoms. The first-order valence-corrected chi connectivity index (χ1v) is 7.00. The molecule has 0 heterocycles. The Hall–Kier alpha value is -1.56. The van der Waals surface area contributed by atoms with Crippen molar-refractivity contribution < 1.29 is 0 Å². The van der Waals surface area contributed by atoms with Gasteiger partial charge in [-0.3, -0.25) is 0 Å². The van der Waals surface area contributed by atoms with Gasteiger partial charge in [0.05, 0.1) is 0 Å². The highest BCUT2D eigenvalue weighted by Gasteiger charge is 2.26. The Balaban J connectivity index is 6.09. The molecule has 0 aliphatic carbocycles. The average molecular weight is 256 g/mol. The minimum absolute atomic E-state index is 0.114. The SMILES string of the molecule is C=CCC(C=CC)(C=CCC)C(C=CC)=C(C)C=C. The molecule has 0 heteroatoms. The lowest BCUT2D eigenvalue weighted by Gasteiger charge is -2.29. The van der Waals surface area contributed by atoms with Gasteiger partial charge in [0.2, 0.25) is 0 Å². The fraction of sp³-hybridized carbons (Fsp3) is 0.368. The van der Waals surface area contributed by atoms with Crippen LogP contribution in [-0.4, -0.2) is 0 Å². The van der Waals surface area contributed by atoms with Crippen LogP contribution >= 0.6 is 0 Å². The zero-order chi connectivity index (χ0) is 14.7. The van der Waals surface area contributed by atoms with E-state index in [9.17, 15) is 0 Å². The molecule has 0 aromatic rings. The van der Waals surface area contributed by atoms with Crippen LogP contribution in [0.15, 0.2) is 72.9 Å². The number of allylic oxidation sites excluding steroid dienone is 10. The summed E-state index contributed by atoms with van der Waals surface area (Å²) in [6.45, 7) is 16.2. The Kier molecular flexibility index (Phi) is 8.61. The third kappa shape index (κ3) is 4.90. The molecular formula is C19H28. The summed E-state index contributed by atoms with van der Waals surface area (Å²) in [6.07, 6.45) is 19.0. The van der Waals surface area contributed by atoms with Crippen LogP contribution in [0.5, 0.6) is 0 Å². The van der Waals surface area contributed by atoms with Crippen LogP contribution in [0.4, 0.5) is 0 Å². The maximum absolute atomic E-state index is 3.92. The van der Waals surface area contributed by atoms with Gasteiger partial charge in [0.1, 0.15) is 0 Å². The first-order valence-electron chi connectivity index (χ1n) is 7.00. The Labute approximate surface area is 119 Å². The van der Waals surface area contributed by atoms with E-state index in [4.69, 9.17) is 0 Å². The van der Waals surface area contributed by atoms with Crippen LogP contribution in [0.25, 0.3) is 0 Å². The summed E-state index contributed by atoms with van der Waals surface area (Å²) in [4.78, 5) is 0. The Morgan fingerprint density at radius 2 is 1.79 bits per heavy atom. The van der Waals surface area contributed by atoms with Crippen molar-refractivity contribution in [2.75, 3.05) is 0 Å². The van der Waals surface area contributed by atoms with Crippen LogP contribution in [0.2, 0.25) is 0 Å². The predicted molar refractivity (Wildman–Crippen MR) is 89.2 cm³/mol. The molecule has 0 aromatic heterocycles. The molecular weight excluding hydrogens is 228 g/mol. The smallest absolute Gasteiger partial charge is 0.0348 e. The molecule has 1 unspecified atom stereocenters. The van der Waals surface area contributed by atoms with E-state index in [1.54, 1.807) is 0 Å². The molecule has 0 saturated heterocycles. The van der Waals surface area contributed by atoms with E-state index in [0.717, 1.165) is 12.8 Å². The van der Waals surface area contributed by atoms with Gasteiger partial charge in [0, 0.05) is 5.41 Å². The van der Waals surface area contributed by atoms with E-state index < -0.39 is 0 Å². The molecule has 0 aromatic carbocycles. The fourth-order valence-corrected chi connectivity index (χ4v) is 2.28. The third-order valence-electron chi connectivity index (χ3n) is 3.16. The second-order valence-corrected chi connectivity index (χ2v) is 4.64. The Morgan fingerprint density at radius 1 is 1.11 bits per heavy atom. The second kappa shape index (κ2) is 9.38. The summed E-state index contributed by atoms with van der Waals surface area (Å²) in [6, 6.07) is 0. The highest BCUT2D eigenvalue weighted by atomic mass is 14.3. The van der Waals surface area contributed by atoms with Crippen molar-refractivity contribution in [3.05, 3.63) is 72.9 Å². The number of hydrogen-bond acceptors (Lipinski definition) is 0. The summed E-state index contributed by atoms with van der Waals surface area (Å²) >= 11 is 0. The van der Waals surface area contributed by atoms with Crippen LogP contribution in [0.3, 0.4) is 0 Å². The molecule has 104 valence electrons. The van der Waals surface area contributed by atoms with Gasteiger partial charge in [-0.15, -0.1) is 6.58 Å². The van der Waals surface area contributed by atoms with Gasteiger partial charge in [0.25, 0.3) is 0 Å². The second-order valence-electron chi connectivity index (χ2n) is 4.64. The monoisotopic (exact) mass is 256 g/mol. The lowest BCUT2D eigenvalue weighted by molar-refractivity contribution is 0.604. The van der Waals surface area contributed by atoms with Gasteiger partial charge in [0.15, 0.2) is 0 Å². The lowest BCUT2D eigenvalue weighted by atomic mass is 9.74. The van der Waals surface area contributed by atoms with Crippen molar-refractivity contribution in [2.24, 2.45) is 5.41 Å². The van der Waals surface area contributed by atoms with E-state index in [1.165, 1.54) is 11.1 Å². The largest absolute Gasteiger partial charge is 0.103 e. The van der Waals surface area contributed by atoms with Crippen molar-refractivity contribution in [1.29, 1.82) is 0 Å². The molecule has 0 amide bonds. The van der Waals surface area contributed by atoms with Crippen molar-refractivity contribution in [3.63, 3.8) is 0 Å². The maximum Gasteiger partial charge on any atom is 0.0348 e. The van der Waals surface area contributed by atoms with Gasteiger partial charge in [-0.2, -0.15) is 0 Å². The van der Waals surface area contributed by atoms with E-state index in [2.05, 4.69) is 70.4 Å². The highest BCUT2D eigenvalue weighted by molar-refractivity contribution is 5.43. The van der Waals surface area contributed by atoms with Crippen LogP contribution < -0.4 is 0 Å². The molecule has 0 spiro atoms. The molecule has 0 radical (unpaired) electrons. The Bertz CT molecular complexity index is 402. The maximum atomic E-state index is 3.92. The van der Waals surface area contributed by atoms with Crippen molar-refractivity contribution in [2.45, 2.75) is 40.5 Å². The third-order valence-corrected chi connectivity index (χ3v) is 3.16. The van der Waals surface area contributed by atoms with Gasteiger partial charge in [-0.1, -0.05) is 62.1 Å². The fourth-order valence-electron chi connectivity index (χ4n) is 2.28. The first-order chi connectivity index (χ1) is 9.11. The molecule has 0 fully saturated rings. The van der Waals surface area contributed by atoms with Crippen LogP contribution in [-0.2, 0) is 0 Å². The summed E-state index contributed by atoms with van der Waals surface area (Å²) in [7, 11) is 0. The quantitative estimate of drug-likeness (QED) is 0.360. The zero-order valence-electron chi connectivity index (χ0n) is 12.9. The molecule has 1 atom stereocenters. The first kappa shape index (κ1) is 17.4. The van der Waals surface area contributed by atoms with E-state index in [-0.39, 0.29) is 5.41 Å². The summed E-state index contributed by atoms with van der Waals surface area (Å²) in [5, 5.41) is 0. The normalized spacial score (nSPS) is 16.8. The summed E-state index contributed by atoms with van der Waals surface area (Å²) in [5.74, 6) is 0. The standard InChI is InChI=1S/C19H28/c1-7-12-16-19(14-9-3,15-10-4)18(13-8-2)17(6)11-5/h8-13,15-16H,3,5,7,14H2,1-2,4,6H3. The van der Waals surface area contributed by atoms with E-state index >= 15 is 0 Å². The van der Waals surface area contributed by atoms with Crippen molar-refractivity contribution in [3.8, 4) is 0 Å². The van der Waals surface area contributed by atoms with E-state index in [1.807, 2.05) is 19.1 Å². The minimum atomic E-state index is -0.114. The summed E-state index contributed by atoms with van der Waals surface area (Å²) in [5.41, 5.74) is 2.38.